The molecule has 2 N–H and O–H groups in total. The molecular formula is C16H29N3. The van der Waals surface area contributed by atoms with Gasteiger partial charge in [0.1, 0.15) is 0 Å². The summed E-state index contributed by atoms with van der Waals surface area (Å²) in [6.07, 6.45) is 9.03. The van der Waals surface area contributed by atoms with E-state index in [1.807, 2.05) is 17.9 Å². The molecule has 1 aliphatic carbocycles. The van der Waals surface area contributed by atoms with E-state index in [4.69, 9.17) is 5.73 Å². The van der Waals surface area contributed by atoms with Gasteiger partial charge in [-0.05, 0) is 43.1 Å². The van der Waals surface area contributed by atoms with Gasteiger partial charge in [-0.25, -0.2) is 0 Å². The fraction of sp³-hybridized carbons (Fsp3) is 0.812. The van der Waals surface area contributed by atoms with E-state index in [1.165, 1.54) is 19.3 Å². The third-order valence-electron chi connectivity index (χ3n) is 4.74. The van der Waals surface area contributed by atoms with Crippen LogP contribution in [0.3, 0.4) is 0 Å². The summed E-state index contributed by atoms with van der Waals surface area (Å²) < 4.78 is 1.87. The van der Waals surface area contributed by atoms with Gasteiger partial charge in [0.25, 0.3) is 0 Å². The minimum Gasteiger partial charge on any atom is -0.325 e. The number of nitrogens with zero attached hydrogens (tertiary/aromatic N) is 2. The molecule has 3 nitrogen and oxygen atoms in total. The van der Waals surface area contributed by atoms with E-state index >= 15 is 0 Å². The van der Waals surface area contributed by atoms with Crippen LogP contribution < -0.4 is 5.73 Å². The maximum Gasteiger partial charge on any atom is 0.0642 e. The second kappa shape index (κ2) is 5.28. The van der Waals surface area contributed by atoms with Crippen molar-refractivity contribution in [1.82, 2.24) is 9.78 Å². The molecule has 1 heterocycles. The number of nitrogens with two attached hydrogens (primary N) is 1. The molecule has 0 bridgehead atoms. The Labute approximate surface area is 117 Å². The molecule has 0 aliphatic heterocycles. The van der Waals surface area contributed by atoms with E-state index in [0.29, 0.717) is 5.41 Å². The lowest BCUT2D eigenvalue weighted by Gasteiger charge is -2.31. The minimum atomic E-state index is -0.0473. The number of aromatic nitrogens is 2. The standard InChI is InChI=1S/C16H29N3/c1-15(2,3)13-6-5-9-16(17,10-7-13)12-14-8-11-19(4)18-14/h8,11,13H,5-7,9-10,12,17H2,1-4H3. The van der Waals surface area contributed by atoms with Crippen molar-refractivity contribution in [2.24, 2.45) is 24.1 Å². The summed E-state index contributed by atoms with van der Waals surface area (Å²) >= 11 is 0. The van der Waals surface area contributed by atoms with Crippen LogP contribution in [0.4, 0.5) is 0 Å². The lowest BCUT2D eigenvalue weighted by Crippen LogP contribution is -2.41. The van der Waals surface area contributed by atoms with Crippen molar-refractivity contribution in [3.05, 3.63) is 18.0 Å². The molecule has 1 aromatic heterocycles. The maximum atomic E-state index is 6.66. The number of aryl methyl sites for hydroxylation is 1. The molecular weight excluding hydrogens is 234 g/mol. The second-order valence-corrected chi connectivity index (χ2v) is 7.51. The van der Waals surface area contributed by atoms with Gasteiger partial charge in [-0.3, -0.25) is 4.68 Å². The molecule has 0 radical (unpaired) electrons. The average molecular weight is 263 g/mol. The largest absolute Gasteiger partial charge is 0.325 e. The molecule has 3 heteroatoms. The van der Waals surface area contributed by atoms with Crippen LogP contribution in [-0.4, -0.2) is 15.3 Å². The Balaban J connectivity index is 2.01. The highest BCUT2D eigenvalue weighted by molar-refractivity contribution is 5.06. The summed E-state index contributed by atoms with van der Waals surface area (Å²) in [5.74, 6) is 0.807. The van der Waals surface area contributed by atoms with Crippen molar-refractivity contribution in [3.8, 4) is 0 Å². The van der Waals surface area contributed by atoms with Gasteiger partial charge >= 0.3 is 0 Å². The maximum absolute atomic E-state index is 6.66. The van der Waals surface area contributed by atoms with Crippen LogP contribution in [-0.2, 0) is 13.5 Å². The molecule has 1 fully saturated rings. The predicted octanol–water partition coefficient (Wildman–Crippen LogP) is 3.29. The molecule has 0 aromatic carbocycles. The molecule has 0 spiro atoms. The van der Waals surface area contributed by atoms with Crippen LogP contribution in [0.2, 0.25) is 0 Å². The smallest absolute Gasteiger partial charge is 0.0642 e. The van der Waals surface area contributed by atoms with Crippen molar-refractivity contribution in [3.63, 3.8) is 0 Å². The molecule has 1 saturated carbocycles. The Morgan fingerprint density at radius 1 is 1.37 bits per heavy atom. The number of hydrogen-bond acceptors (Lipinski definition) is 2. The summed E-state index contributed by atoms with van der Waals surface area (Å²) in [4.78, 5) is 0. The van der Waals surface area contributed by atoms with Gasteiger partial charge in [0.15, 0.2) is 0 Å². The first-order chi connectivity index (χ1) is 8.78. The van der Waals surface area contributed by atoms with Gasteiger partial charge in [-0.2, -0.15) is 5.10 Å². The van der Waals surface area contributed by atoms with Crippen molar-refractivity contribution < 1.29 is 0 Å². The van der Waals surface area contributed by atoms with Crippen LogP contribution >= 0.6 is 0 Å². The third kappa shape index (κ3) is 3.82. The summed E-state index contributed by atoms with van der Waals surface area (Å²) in [6.45, 7) is 7.08. The summed E-state index contributed by atoms with van der Waals surface area (Å²) in [5, 5.41) is 4.49. The summed E-state index contributed by atoms with van der Waals surface area (Å²) in [6, 6.07) is 2.10. The average Bonchev–Trinajstić information content (AvgIpc) is 2.56. The molecule has 0 saturated heterocycles. The van der Waals surface area contributed by atoms with Gasteiger partial charge < -0.3 is 5.73 Å². The van der Waals surface area contributed by atoms with Crippen LogP contribution in [0.15, 0.2) is 12.3 Å². The van der Waals surface area contributed by atoms with E-state index in [0.717, 1.165) is 30.9 Å². The van der Waals surface area contributed by atoms with Gasteiger partial charge in [0, 0.05) is 25.2 Å². The summed E-state index contributed by atoms with van der Waals surface area (Å²) in [5.41, 5.74) is 8.16. The number of hydrogen-bond donors (Lipinski definition) is 1. The quantitative estimate of drug-likeness (QED) is 0.832. The normalized spacial score (nSPS) is 29.2. The zero-order valence-electron chi connectivity index (χ0n) is 12.9. The van der Waals surface area contributed by atoms with E-state index < -0.39 is 0 Å². The highest BCUT2D eigenvalue weighted by Crippen LogP contribution is 2.39. The molecule has 108 valence electrons. The van der Waals surface area contributed by atoms with Crippen molar-refractivity contribution >= 4 is 0 Å². The molecule has 1 aliphatic rings. The van der Waals surface area contributed by atoms with Gasteiger partial charge in [0.05, 0.1) is 5.69 Å². The SMILES string of the molecule is Cn1ccc(CC2(N)CCCC(C(C)(C)C)CC2)n1. The Kier molecular flexibility index (Phi) is 4.05. The van der Waals surface area contributed by atoms with Crippen LogP contribution in [0.1, 0.15) is 58.6 Å². The van der Waals surface area contributed by atoms with Gasteiger partial charge in [-0.1, -0.05) is 27.2 Å². The zero-order chi connectivity index (χ0) is 14.1. The Morgan fingerprint density at radius 2 is 2.11 bits per heavy atom. The third-order valence-corrected chi connectivity index (χ3v) is 4.74. The highest BCUT2D eigenvalue weighted by atomic mass is 15.2. The van der Waals surface area contributed by atoms with Gasteiger partial charge in [0.2, 0.25) is 0 Å². The Morgan fingerprint density at radius 3 is 2.68 bits per heavy atom. The molecule has 1 aromatic rings. The fourth-order valence-corrected chi connectivity index (χ4v) is 3.39. The van der Waals surface area contributed by atoms with Crippen molar-refractivity contribution in [1.29, 1.82) is 0 Å². The lowest BCUT2D eigenvalue weighted by atomic mass is 9.76. The molecule has 0 amide bonds. The molecule has 2 rings (SSSR count). The topological polar surface area (TPSA) is 43.8 Å². The van der Waals surface area contributed by atoms with E-state index in [9.17, 15) is 0 Å². The van der Waals surface area contributed by atoms with E-state index in [1.54, 1.807) is 0 Å². The summed E-state index contributed by atoms with van der Waals surface area (Å²) in [7, 11) is 1.97. The predicted molar refractivity (Wildman–Crippen MR) is 79.9 cm³/mol. The highest BCUT2D eigenvalue weighted by Gasteiger charge is 2.34. The second-order valence-electron chi connectivity index (χ2n) is 7.51. The monoisotopic (exact) mass is 263 g/mol. The number of rotatable bonds is 2. The lowest BCUT2D eigenvalue weighted by molar-refractivity contribution is 0.210. The molecule has 2 unspecified atom stereocenters. The fourth-order valence-electron chi connectivity index (χ4n) is 3.39. The zero-order valence-corrected chi connectivity index (χ0v) is 12.9. The molecule has 2 atom stereocenters. The minimum absolute atomic E-state index is 0.0473. The van der Waals surface area contributed by atoms with Crippen LogP contribution in [0.5, 0.6) is 0 Å². The van der Waals surface area contributed by atoms with E-state index in [2.05, 4.69) is 31.9 Å². The Hall–Kier alpha value is -0.830. The first-order valence-corrected chi connectivity index (χ1v) is 7.56. The van der Waals surface area contributed by atoms with Crippen molar-refractivity contribution in [2.75, 3.05) is 0 Å². The first kappa shape index (κ1) is 14.6. The van der Waals surface area contributed by atoms with E-state index in [-0.39, 0.29) is 5.54 Å². The molecule has 19 heavy (non-hydrogen) atoms. The first-order valence-electron chi connectivity index (χ1n) is 7.56. The van der Waals surface area contributed by atoms with Crippen LogP contribution in [0, 0.1) is 11.3 Å². The Bertz CT molecular complexity index is 416. The van der Waals surface area contributed by atoms with Crippen LogP contribution in [0.25, 0.3) is 0 Å². The van der Waals surface area contributed by atoms with Gasteiger partial charge in [-0.15, -0.1) is 0 Å². The van der Waals surface area contributed by atoms with Crippen molar-refractivity contribution in [2.45, 2.75) is 64.8 Å².